The summed E-state index contributed by atoms with van der Waals surface area (Å²) in [5.41, 5.74) is -0.517. The van der Waals surface area contributed by atoms with E-state index in [4.69, 9.17) is 11.6 Å². The fourth-order valence-electron chi connectivity index (χ4n) is 3.40. The Labute approximate surface area is 151 Å². The number of carboxylic acid groups (broad SMARTS) is 1. The number of nitrogens with zero attached hydrogens (tertiary/aromatic N) is 1. The quantitative estimate of drug-likeness (QED) is 0.864. The van der Waals surface area contributed by atoms with Gasteiger partial charge >= 0.3 is 5.97 Å². The molecule has 0 radical (unpaired) electrons. The highest BCUT2D eigenvalue weighted by Gasteiger charge is 2.44. The van der Waals surface area contributed by atoms with Crippen molar-refractivity contribution in [2.24, 2.45) is 5.92 Å². The topological polar surface area (TPSA) is 77.8 Å². The number of hydrogen-bond donors (Lipinski definition) is 2. The third-order valence-electron chi connectivity index (χ3n) is 4.75. The van der Waals surface area contributed by atoms with Crippen molar-refractivity contribution in [1.29, 1.82) is 0 Å². The van der Waals surface area contributed by atoms with Gasteiger partial charge in [0.05, 0.1) is 6.42 Å². The van der Waals surface area contributed by atoms with Gasteiger partial charge in [-0.25, -0.2) is 0 Å². The largest absolute Gasteiger partial charge is 0.481 e. The van der Waals surface area contributed by atoms with Crippen molar-refractivity contribution >= 4 is 29.1 Å². The maximum Gasteiger partial charge on any atom is 0.313 e. The first-order valence-electron chi connectivity index (χ1n) is 8.30. The molecular formula is C19H20ClNO4. The van der Waals surface area contributed by atoms with Crippen molar-refractivity contribution in [2.45, 2.75) is 24.9 Å². The van der Waals surface area contributed by atoms with Crippen LogP contribution in [0.5, 0.6) is 0 Å². The lowest BCUT2D eigenvalue weighted by molar-refractivity contribution is -0.148. The first kappa shape index (κ1) is 17.7. The van der Waals surface area contributed by atoms with Crippen LogP contribution in [0.4, 0.5) is 0 Å². The second kappa shape index (κ2) is 7.02. The lowest BCUT2D eigenvalue weighted by Gasteiger charge is -2.34. The zero-order chi connectivity index (χ0) is 18.0. The summed E-state index contributed by atoms with van der Waals surface area (Å²) < 4.78 is 0. The monoisotopic (exact) mass is 361 g/mol. The Hall–Kier alpha value is -2.11. The van der Waals surface area contributed by atoms with Gasteiger partial charge in [0, 0.05) is 18.1 Å². The van der Waals surface area contributed by atoms with Gasteiger partial charge in [-0.05, 0) is 30.1 Å². The fraction of sp³-hybridized carbons (Fsp3) is 0.368. The van der Waals surface area contributed by atoms with Gasteiger partial charge in [0.1, 0.15) is 11.5 Å². The molecule has 6 heteroatoms. The van der Waals surface area contributed by atoms with Crippen LogP contribution in [0.1, 0.15) is 24.8 Å². The van der Waals surface area contributed by atoms with E-state index >= 15 is 0 Å². The van der Waals surface area contributed by atoms with Crippen molar-refractivity contribution in [3.63, 3.8) is 0 Å². The van der Waals surface area contributed by atoms with Gasteiger partial charge in [-0.1, -0.05) is 48.0 Å². The minimum atomic E-state index is -1.83. The lowest BCUT2D eigenvalue weighted by atomic mass is 9.78. The maximum atomic E-state index is 12.4. The number of benzene rings is 1. The molecule has 0 spiro atoms. The van der Waals surface area contributed by atoms with Crippen LogP contribution in [0.3, 0.4) is 0 Å². The van der Waals surface area contributed by atoms with Crippen molar-refractivity contribution in [2.75, 3.05) is 13.1 Å². The molecule has 1 amide bonds. The van der Waals surface area contributed by atoms with E-state index in [1.54, 1.807) is 4.90 Å². The van der Waals surface area contributed by atoms with Gasteiger partial charge in [-0.2, -0.15) is 0 Å². The van der Waals surface area contributed by atoms with Gasteiger partial charge in [-0.3, -0.25) is 9.59 Å². The van der Waals surface area contributed by atoms with Crippen LogP contribution in [0.25, 0.3) is 5.57 Å². The van der Waals surface area contributed by atoms with Gasteiger partial charge < -0.3 is 15.1 Å². The zero-order valence-corrected chi connectivity index (χ0v) is 14.4. The van der Waals surface area contributed by atoms with E-state index in [1.807, 2.05) is 30.3 Å². The molecule has 0 aromatic heterocycles. The molecule has 1 aliphatic carbocycles. The molecule has 132 valence electrons. The summed E-state index contributed by atoms with van der Waals surface area (Å²) in [5, 5.41) is 20.8. The second-order valence-electron chi connectivity index (χ2n) is 6.51. The molecule has 1 aliphatic heterocycles. The molecule has 1 saturated heterocycles. The normalized spacial score (nSPS) is 26.2. The highest BCUT2D eigenvalue weighted by atomic mass is 35.5. The number of allylic oxidation sites excluding steroid dienone is 2. The molecule has 0 bridgehead atoms. The Morgan fingerprint density at radius 1 is 1.20 bits per heavy atom. The van der Waals surface area contributed by atoms with Gasteiger partial charge in [-0.15, -0.1) is 0 Å². The number of halogens is 1. The molecule has 1 aromatic rings. The fourth-order valence-corrected chi connectivity index (χ4v) is 3.76. The van der Waals surface area contributed by atoms with Crippen molar-refractivity contribution in [3.05, 3.63) is 53.1 Å². The van der Waals surface area contributed by atoms with Crippen molar-refractivity contribution in [1.82, 2.24) is 4.90 Å². The highest BCUT2D eigenvalue weighted by molar-refractivity contribution is 6.37. The predicted molar refractivity (Wildman–Crippen MR) is 94.9 cm³/mol. The first-order chi connectivity index (χ1) is 11.9. The Morgan fingerprint density at radius 2 is 1.84 bits per heavy atom. The second-order valence-corrected chi connectivity index (χ2v) is 6.92. The molecule has 1 aromatic carbocycles. The van der Waals surface area contributed by atoms with E-state index in [1.165, 1.54) is 12.2 Å². The van der Waals surface area contributed by atoms with Crippen LogP contribution in [0.2, 0.25) is 0 Å². The van der Waals surface area contributed by atoms with Gasteiger partial charge in [0.2, 0.25) is 5.91 Å². The number of carbonyl (C=O) groups is 2. The third-order valence-corrected chi connectivity index (χ3v) is 5.06. The third kappa shape index (κ3) is 3.62. The summed E-state index contributed by atoms with van der Waals surface area (Å²) in [6.07, 6.45) is 4.32. The Morgan fingerprint density at radius 3 is 2.44 bits per heavy atom. The number of carboxylic acids is 1. The Bertz CT molecular complexity index is 737. The average molecular weight is 362 g/mol. The molecule has 3 rings (SSSR count). The van der Waals surface area contributed by atoms with Crippen molar-refractivity contribution < 1.29 is 19.8 Å². The first-order valence-corrected chi connectivity index (χ1v) is 8.67. The molecule has 2 aliphatic rings. The number of hydrogen-bond acceptors (Lipinski definition) is 3. The van der Waals surface area contributed by atoms with E-state index in [9.17, 15) is 19.8 Å². The summed E-state index contributed by atoms with van der Waals surface area (Å²) in [5.74, 6) is -2.68. The molecule has 2 N–H and O–H groups in total. The number of amides is 1. The van der Waals surface area contributed by atoms with E-state index in [2.05, 4.69) is 0 Å². The van der Waals surface area contributed by atoms with Crippen LogP contribution >= 0.6 is 11.6 Å². The summed E-state index contributed by atoms with van der Waals surface area (Å²) in [6.45, 7) is 1.30. The van der Waals surface area contributed by atoms with Crippen LogP contribution in [0.15, 0.2) is 47.5 Å². The molecule has 1 fully saturated rings. The Balaban J connectivity index is 1.91. The van der Waals surface area contributed by atoms with E-state index in [0.717, 1.165) is 18.4 Å². The predicted octanol–water partition coefficient (Wildman–Crippen LogP) is 2.65. The lowest BCUT2D eigenvalue weighted by Crippen LogP contribution is -2.46. The summed E-state index contributed by atoms with van der Waals surface area (Å²) in [7, 11) is 0. The Kier molecular flexibility index (Phi) is 4.97. The van der Waals surface area contributed by atoms with Crippen LogP contribution < -0.4 is 0 Å². The van der Waals surface area contributed by atoms with E-state index in [0.29, 0.717) is 18.7 Å². The van der Waals surface area contributed by atoms with Gasteiger partial charge in [0.15, 0.2) is 0 Å². The SMILES string of the molecule is O=C(O)C1C=C(c2ccccc2)C(Cl)=CC1(O)CC(=O)N1CCCC1. The molecule has 5 nitrogen and oxygen atoms in total. The zero-order valence-electron chi connectivity index (χ0n) is 13.7. The summed E-state index contributed by atoms with van der Waals surface area (Å²) in [6, 6.07) is 9.15. The van der Waals surface area contributed by atoms with Crippen LogP contribution in [-0.2, 0) is 9.59 Å². The number of rotatable bonds is 4. The standard InChI is InChI=1S/C19H20ClNO4/c20-16-11-19(25,12-17(22)21-8-4-5-9-21)15(18(23)24)10-14(16)13-6-2-1-3-7-13/h1-3,6-7,10-11,15,25H,4-5,8-9,12H2,(H,23,24). The van der Waals surface area contributed by atoms with E-state index < -0.39 is 17.5 Å². The summed E-state index contributed by atoms with van der Waals surface area (Å²) in [4.78, 5) is 25.8. The smallest absolute Gasteiger partial charge is 0.313 e. The minimum absolute atomic E-state index is 0.247. The molecule has 2 atom stereocenters. The maximum absolute atomic E-state index is 12.4. The molecule has 2 unspecified atom stereocenters. The van der Waals surface area contributed by atoms with Crippen LogP contribution in [0, 0.1) is 5.92 Å². The average Bonchev–Trinajstić information content (AvgIpc) is 3.09. The number of aliphatic carboxylic acids is 1. The molecule has 25 heavy (non-hydrogen) atoms. The number of likely N-dealkylation sites (tertiary alicyclic amines) is 1. The minimum Gasteiger partial charge on any atom is -0.481 e. The number of aliphatic hydroxyl groups is 1. The van der Waals surface area contributed by atoms with Gasteiger partial charge in [0.25, 0.3) is 0 Å². The van der Waals surface area contributed by atoms with Crippen molar-refractivity contribution in [3.8, 4) is 0 Å². The number of carbonyl (C=O) groups excluding carboxylic acids is 1. The van der Waals surface area contributed by atoms with E-state index in [-0.39, 0.29) is 17.4 Å². The van der Waals surface area contributed by atoms with Crippen LogP contribution in [-0.4, -0.2) is 45.7 Å². The summed E-state index contributed by atoms with van der Waals surface area (Å²) >= 11 is 6.33. The molecule has 1 heterocycles. The highest BCUT2D eigenvalue weighted by Crippen LogP contribution is 2.40. The molecular weight excluding hydrogens is 342 g/mol. The molecule has 0 saturated carbocycles.